The number of carbonyl (C=O) groups is 1. The highest BCUT2D eigenvalue weighted by Gasteiger charge is 2.29. The van der Waals surface area contributed by atoms with Crippen LogP contribution in [0.15, 0.2) is 30.3 Å². The predicted molar refractivity (Wildman–Crippen MR) is 132 cm³/mol. The fraction of sp³-hybridized carbons (Fsp3) is 0.500. The standard InChI is InChI=1S/C26H34N2O4.ClH/c1-27(17-21-13-20-15-24(31-3)25(32-4)16-23(20)21)10-9-26(29)28-11-7-18-5-6-22(30-2)14-19(18)8-12-28;/h5-6,14-16,21H,7-13,17H2,1-4H3;1H/t21-;/m0./s1. The summed E-state index contributed by atoms with van der Waals surface area (Å²) in [5.41, 5.74) is 5.29. The van der Waals surface area contributed by atoms with E-state index in [-0.39, 0.29) is 18.3 Å². The third-order valence-electron chi connectivity index (χ3n) is 6.86. The Labute approximate surface area is 203 Å². The monoisotopic (exact) mass is 474 g/mol. The van der Waals surface area contributed by atoms with Gasteiger partial charge in [0.25, 0.3) is 0 Å². The number of ether oxygens (including phenoxy) is 3. The molecule has 0 N–H and O–H groups in total. The van der Waals surface area contributed by atoms with E-state index in [1.54, 1.807) is 21.3 Å². The minimum absolute atomic E-state index is 0. The second-order valence-electron chi connectivity index (χ2n) is 8.83. The van der Waals surface area contributed by atoms with E-state index in [0.717, 1.165) is 62.7 Å². The van der Waals surface area contributed by atoms with Gasteiger partial charge in [0.15, 0.2) is 11.5 Å². The van der Waals surface area contributed by atoms with Gasteiger partial charge in [0.2, 0.25) is 5.91 Å². The average molecular weight is 475 g/mol. The van der Waals surface area contributed by atoms with Crippen LogP contribution in [0.1, 0.15) is 34.6 Å². The van der Waals surface area contributed by atoms with E-state index in [9.17, 15) is 4.79 Å². The summed E-state index contributed by atoms with van der Waals surface area (Å²) >= 11 is 0. The summed E-state index contributed by atoms with van der Waals surface area (Å²) in [6, 6.07) is 10.4. The molecule has 0 unspecified atom stereocenters. The van der Waals surface area contributed by atoms with E-state index in [4.69, 9.17) is 14.2 Å². The van der Waals surface area contributed by atoms with Gasteiger partial charge in [-0.15, -0.1) is 12.4 Å². The molecule has 7 heteroatoms. The van der Waals surface area contributed by atoms with Crippen molar-refractivity contribution in [2.24, 2.45) is 0 Å². The maximum Gasteiger partial charge on any atom is 0.223 e. The maximum atomic E-state index is 12.9. The lowest BCUT2D eigenvalue weighted by atomic mass is 9.77. The molecule has 0 spiro atoms. The van der Waals surface area contributed by atoms with E-state index in [1.165, 1.54) is 22.3 Å². The summed E-state index contributed by atoms with van der Waals surface area (Å²) in [7, 11) is 7.15. The van der Waals surface area contributed by atoms with E-state index in [0.29, 0.717) is 12.3 Å². The van der Waals surface area contributed by atoms with Crippen LogP contribution in [0.3, 0.4) is 0 Å². The van der Waals surface area contributed by atoms with E-state index in [2.05, 4.69) is 36.2 Å². The second kappa shape index (κ2) is 11.1. The summed E-state index contributed by atoms with van der Waals surface area (Å²) in [5, 5.41) is 0. The first kappa shape index (κ1) is 25.2. The number of hydrogen-bond acceptors (Lipinski definition) is 5. The molecule has 0 saturated carbocycles. The minimum atomic E-state index is 0. The molecule has 1 amide bonds. The van der Waals surface area contributed by atoms with Crippen molar-refractivity contribution in [3.63, 3.8) is 0 Å². The van der Waals surface area contributed by atoms with E-state index >= 15 is 0 Å². The number of benzene rings is 2. The van der Waals surface area contributed by atoms with Crippen LogP contribution < -0.4 is 14.2 Å². The van der Waals surface area contributed by atoms with Crippen LogP contribution in [0.4, 0.5) is 0 Å². The molecule has 0 radical (unpaired) electrons. The number of likely N-dealkylation sites (N-methyl/N-ethyl adjacent to an activating group) is 1. The Morgan fingerprint density at radius 3 is 2.36 bits per heavy atom. The molecule has 1 atom stereocenters. The van der Waals surface area contributed by atoms with Crippen LogP contribution in [0.5, 0.6) is 17.2 Å². The summed E-state index contributed by atoms with van der Waals surface area (Å²) in [6.45, 7) is 3.29. The Morgan fingerprint density at radius 1 is 0.970 bits per heavy atom. The zero-order valence-corrected chi connectivity index (χ0v) is 20.9. The topological polar surface area (TPSA) is 51.2 Å². The van der Waals surface area contributed by atoms with E-state index < -0.39 is 0 Å². The molecule has 0 bridgehead atoms. The van der Waals surface area contributed by atoms with Crippen LogP contribution in [0.2, 0.25) is 0 Å². The summed E-state index contributed by atoms with van der Waals surface area (Å²) in [4.78, 5) is 17.2. The first-order valence-electron chi connectivity index (χ1n) is 11.4. The summed E-state index contributed by atoms with van der Waals surface area (Å²) < 4.78 is 16.2. The molecular formula is C26H35ClN2O4. The molecule has 0 fully saturated rings. The van der Waals surface area contributed by atoms with E-state index in [1.807, 2.05) is 11.0 Å². The summed E-state index contributed by atoms with van der Waals surface area (Å²) in [5.74, 6) is 3.19. The molecule has 2 aliphatic rings. The van der Waals surface area contributed by atoms with Crippen LogP contribution in [-0.2, 0) is 24.1 Å². The number of methoxy groups -OCH3 is 3. The molecule has 1 aliphatic carbocycles. The third-order valence-corrected chi connectivity index (χ3v) is 6.86. The van der Waals surface area contributed by atoms with Gasteiger partial charge in [-0.2, -0.15) is 0 Å². The Hall–Kier alpha value is -2.44. The molecule has 4 rings (SSSR count). The molecule has 0 saturated heterocycles. The van der Waals surface area contributed by atoms with Crippen molar-refractivity contribution in [3.05, 3.63) is 52.6 Å². The van der Waals surface area contributed by atoms with Gasteiger partial charge in [-0.3, -0.25) is 4.79 Å². The Bertz CT molecular complexity index is 981. The fourth-order valence-corrected chi connectivity index (χ4v) is 4.89. The molecule has 0 aromatic heterocycles. The number of halogens is 1. The lowest BCUT2D eigenvalue weighted by molar-refractivity contribution is -0.131. The highest BCUT2D eigenvalue weighted by molar-refractivity contribution is 5.85. The van der Waals surface area contributed by atoms with Crippen molar-refractivity contribution < 1.29 is 19.0 Å². The molecule has 33 heavy (non-hydrogen) atoms. The lowest BCUT2D eigenvalue weighted by Gasteiger charge is -2.34. The first-order valence-corrected chi connectivity index (χ1v) is 11.4. The Morgan fingerprint density at radius 2 is 1.67 bits per heavy atom. The van der Waals surface area contributed by atoms with Crippen LogP contribution >= 0.6 is 12.4 Å². The molecular weight excluding hydrogens is 440 g/mol. The fourth-order valence-electron chi connectivity index (χ4n) is 4.89. The van der Waals surface area contributed by atoms with Gasteiger partial charge < -0.3 is 24.0 Å². The van der Waals surface area contributed by atoms with Gasteiger partial charge in [-0.1, -0.05) is 6.07 Å². The highest BCUT2D eigenvalue weighted by atomic mass is 35.5. The first-order chi connectivity index (χ1) is 15.5. The van der Waals surface area contributed by atoms with Crippen LogP contribution in [0.25, 0.3) is 0 Å². The number of carbonyl (C=O) groups excluding carboxylic acids is 1. The van der Waals surface area contributed by atoms with Gasteiger partial charge in [-0.25, -0.2) is 0 Å². The molecule has 180 valence electrons. The summed E-state index contributed by atoms with van der Waals surface area (Å²) in [6.07, 6.45) is 3.40. The number of nitrogens with zero attached hydrogens (tertiary/aromatic N) is 2. The number of fused-ring (bicyclic) bond motifs is 2. The van der Waals surface area contributed by atoms with Crippen LogP contribution in [-0.4, -0.2) is 70.3 Å². The average Bonchev–Trinajstić information content (AvgIpc) is 3.02. The second-order valence-corrected chi connectivity index (χ2v) is 8.83. The van der Waals surface area contributed by atoms with Crippen molar-refractivity contribution in [1.82, 2.24) is 9.80 Å². The normalized spacial score (nSPS) is 16.6. The zero-order chi connectivity index (χ0) is 22.7. The molecule has 2 aromatic carbocycles. The quantitative estimate of drug-likeness (QED) is 0.583. The molecule has 2 aromatic rings. The maximum absolute atomic E-state index is 12.9. The Balaban J connectivity index is 0.00000306. The van der Waals surface area contributed by atoms with Crippen molar-refractivity contribution in [3.8, 4) is 17.2 Å². The van der Waals surface area contributed by atoms with Gasteiger partial charge >= 0.3 is 0 Å². The number of amides is 1. The zero-order valence-electron chi connectivity index (χ0n) is 20.1. The van der Waals surface area contributed by atoms with Gasteiger partial charge in [0, 0.05) is 38.5 Å². The highest BCUT2D eigenvalue weighted by Crippen LogP contribution is 2.42. The van der Waals surface area contributed by atoms with Crippen molar-refractivity contribution in [2.75, 3.05) is 54.6 Å². The Kier molecular flexibility index (Phi) is 8.49. The third kappa shape index (κ3) is 5.56. The molecule has 1 aliphatic heterocycles. The van der Waals surface area contributed by atoms with Crippen LogP contribution in [0, 0.1) is 0 Å². The van der Waals surface area contributed by atoms with Gasteiger partial charge in [0.1, 0.15) is 5.75 Å². The number of rotatable bonds is 8. The smallest absolute Gasteiger partial charge is 0.223 e. The number of hydrogen-bond donors (Lipinski definition) is 0. The minimum Gasteiger partial charge on any atom is -0.497 e. The largest absolute Gasteiger partial charge is 0.497 e. The van der Waals surface area contributed by atoms with Crippen molar-refractivity contribution in [1.29, 1.82) is 0 Å². The molecule has 1 heterocycles. The van der Waals surface area contributed by atoms with Crippen molar-refractivity contribution >= 4 is 18.3 Å². The van der Waals surface area contributed by atoms with Gasteiger partial charge in [-0.05, 0) is 72.8 Å². The SMILES string of the molecule is COc1ccc2c(c1)CCN(C(=O)CCN(C)C[C@@H]1Cc3cc(OC)c(OC)cc31)CC2.Cl. The molecule has 6 nitrogen and oxygen atoms in total. The van der Waals surface area contributed by atoms with Gasteiger partial charge in [0.05, 0.1) is 21.3 Å². The lowest BCUT2D eigenvalue weighted by Crippen LogP contribution is -2.37. The van der Waals surface area contributed by atoms with Crippen molar-refractivity contribution in [2.45, 2.75) is 31.6 Å². The predicted octanol–water partition coefficient (Wildman–Crippen LogP) is 3.72.